The molecule has 1 atom stereocenters. The Balaban J connectivity index is 2.73. The first-order chi connectivity index (χ1) is 6.08. The van der Waals surface area contributed by atoms with Gasteiger partial charge in [0.15, 0.2) is 5.66 Å². The Bertz CT molecular complexity index is 277. The van der Waals surface area contributed by atoms with Gasteiger partial charge in [-0.05, 0) is 32.1 Å². The standard InChI is InChI=1S/C8H11ClN2OS/c1-3-12-7(13)8(2)10-5-4-6(9)11-8/h4-5,11H,3H2,1-2H3. The quantitative estimate of drug-likeness (QED) is 0.567. The minimum Gasteiger partial charge on any atom is -0.484 e. The molecule has 0 aliphatic carbocycles. The number of aliphatic imine (C=N–C) groups is 1. The fourth-order valence-corrected chi connectivity index (χ4v) is 1.40. The normalized spacial score (nSPS) is 26.2. The van der Waals surface area contributed by atoms with Crippen LogP contribution in [0.5, 0.6) is 0 Å². The largest absolute Gasteiger partial charge is 0.484 e. The van der Waals surface area contributed by atoms with Crippen LogP contribution in [0.3, 0.4) is 0 Å². The van der Waals surface area contributed by atoms with E-state index in [9.17, 15) is 0 Å². The van der Waals surface area contributed by atoms with Crippen molar-refractivity contribution in [3.05, 3.63) is 11.2 Å². The molecular formula is C8H11ClN2OS. The molecule has 72 valence electrons. The fraction of sp³-hybridized carbons (Fsp3) is 0.500. The summed E-state index contributed by atoms with van der Waals surface area (Å²) in [6.45, 7) is 4.23. The van der Waals surface area contributed by atoms with Gasteiger partial charge >= 0.3 is 0 Å². The number of nitrogens with one attached hydrogen (secondary N) is 1. The van der Waals surface area contributed by atoms with Crippen molar-refractivity contribution in [2.45, 2.75) is 19.5 Å². The number of thiocarbonyl (C=S) groups is 1. The van der Waals surface area contributed by atoms with Gasteiger partial charge in [0.25, 0.3) is 0 Å². The van der Waals surface area contributed by atoms with Crippen LogP contribution in [0.15, 0.2) is 16.2 Å². The summed E-state index contributed by atoms with van der Waals surface area (Å²) in [5.74, 6) is 0. The number of rotatable bonds is 2. The molecule has 0 fully saturated rings. The minimum absolute atomic E-state index is 0.400. The van der Waals surface area contributed by atoms with Gasteiger partial charge in [-0.1, -0.05) is 11.6 Å². The summed E-state index contributed by atoms with van der Waals surface area (Å²) in [6.07, 6.45) is 3.28. The first-order valence-electron chi connectivity index (χ1n) is 3.95. The van der Waals surface area contributed by atoms with Gasteiger partial charge in [-0.3, -0.25) is 4.99 Å². The number of allylic oxidation sites excluding steroid dienone is 1. The Morgan fingerprint density at radius 2 is 2.54 bits per heavy atom. The average Bonchev–Trinajstić information content (AvgIpc) is 2.04. The van der Waals surface area contributed by atoms with Crippen molar-refractivity contribution in [2.24, 2.45) is 4.99 Å². The first-order valence-corrected chi connectivity index (χ1v) is 4.73. The Morgan fingerprint density at radius 3 is 3.08 bits per heavy atom. The smallest absolute Gasteiger partial charge is 0.208 e. The van der Waals surface area contributed by atoms with E-state index in [1.165, 1.54) is 0 Å². The van der Waals surface area contributed by atoms with Crippen molar-refractivity contribution < 1.29 is 4.74 Å². The summed E-state index contributed by atoms with van der Waals surface area (Å²) in [5, 5.41) is 3.85. The van der Waals surface area contributed by atoms with Crippen LogP contribution in [-0.2, 0) is 4.74 Å². The molecule has 0 aromatic heterocycles. The van der Waals surface area contributed by atoms with Crippen molar-refractivity contribution in [3.63, 3.8) is 0 Å². The predicted octanol–water partition coefficient (Wildman–Crippen LogP) is 1.82. The zero-order chi connectivity index (χ0) is 9.90. The molecule has 1 aliphatic rings. The van der Waals surface area contributed by atoms with E-state index >= 15 is 0 Å². The summed E-state index contributed by atoms with van der Waals surface area (Å²) in [5.41, 5.74) is -0.711. The Hall–Kier alpha value is -0.610. The fourth-order valence-electron chi connectivity index (χ4n) is 0.934. The van der Waals surface area contributed by atoms with Crippen LogP contribution in [0.2, 0.25) is 0 Å². The van der Waals surface area contributed by atoms with E-state index in [1.54, 1.807) is 12.3 Å². The van der Waals surface area contributed by atoms with Crippen molar-refractivity contribution >= 4 is 35.1 Å². The average molecular weight is 219 g/mol. The lowest BCUT2D eigenvalue weighted by Gasteiger charge is -2.29. The number of halogens is 1. The minimum atomic E-state index is -0.711. The number of hydrogen-bond acceptors (Lipinski definition) is 4. The van der Waals surface area contributed by atoms with Crippen molar-refractivity contribution in [1.29, 1.82) is 0 Å². The highest BCUT2D eigenvalue weighted by Gasteiger charge is 2.31. The first kappa shape index (κ1) is 10.5. The Kier molecular flexibility index (Phi) is 3.27. The Labute approximate surface area is 87.8 Å². The van der Waals surface area contributed by atoms with Gasteiger partial charge in [-0.15, -0.1) is 0 Å². The zero-order valence-corrected chi connectivity index (χ0v) is 9.08. The van der Waals surface area contributed by atoms with Crippen LogP contribution in [0, 0.1) is 0 Å². The molecule has 3 nitrogen and oxygen atoms in total. The number of nitrogens with zero attached hydrogens (tertiary/aromatic N) is 1. The molecule has 1 unspecified atom stereocenters. The molecule has 0 radical (unpaired) electrons. The second-order valence-electron chi connectivity index (χ2n) is 2.71. The van der Waals surface area contributed by atoms with Gasteiger partial charge in [-0.2, -0.15) is 0 Å². The van der Waals surface area contributed by atoms with Crippen LogP contribution in [-0.4, -0.2) is 23.5 Å². The molecule has 1 N–H and O–H groups in total. The highest BCUT2D eigenvalue weighted by Crippen LogP contribution is 2.17. The summed E-state index contributed by atoms with van der Waals surface area (Å²) in [4.78, 5) is 4.17. The van der Waals surface area contributed by atoms with Gasteiger partial charge in [0.1, 0.15) is 5.16 Å². The van der Waals surface area contributed by atoms with Crippen LogP contribution in [0.4, 0.5) is 0 Å². The maximum atomic E-state index is 5.79. The molecule has 1 heterocycles. The molecule has 5 heteroatoms. The number of hydrogen-bond donors (Lipinski definition) is 1. The monoisotopic (exact) mass is 218 g/mol. The second-order valence-corrected chi connectivity index (χ2v) is 3.49. The summed E-state index contributed by atoms with van der Waals surface area (Å²) in [7, 11) is 0. The lowest BCUT2D eigenvalue weighted by atomic mass is 10.2. The van der Waals surface area contributed by atoms with E-state index in [1.807, 2.05) is 13.8 Å². The van der Waals surface area contributed by atoms with Crippen molar-refractivity contribution in [1.82, 2.24) is 5.32 Å². The van der Waals surface area contributed by atoms with Crippen LogP contribution < -0.4 is 5.32 Å². The van der Waals surface area contributed by atoms with Gasteiger partial charge in [0.05, 0.1) is 6.61 Å². The molecule has 0 amide bonds. The molecule has 0 saturated heterocycles. The molecular weight excluding hydrogens is 208 g/mol. The Morgan fingerprint density at radius 1 is 1.85 bits per heavy atom. The maximum absolute atomic E-state index is 5.79. The lowest BCUT2D eigenvalue weighted by Crippen LogP contribution is -2.48. The van der Waals surface area contributed by atoms with E-state index in [-0.39, 0.29) is 0 Å². The highest BCUT2D eigenvalue weighted by atomic mass is 35.5. The molecule has 1 aliphatic heterocycles. The van der Waals surface area contributed by atoms with Crippen molar-refractivity contribution in [3.8, 4) is 0 Å². The molecule has 13 heavy (non-hydrogen) atoms. The second kappa shape index (κ2) is 4.07. The van der Waals surface area contributed by atoms with Crippen LogP contribution >= 0.6 is 23.8 Å². The summed E-state index contributed by atoms with van der Waals surface area (Å²) in [6, 6.07) is 0. The maximum Gasteiger partial charge on any atom is 0.208 e. The summed E-state index contributed by atoms with van der Waals surface area (Å²) >= 11 is 10.8. The molecule has 1 rings (SSSR count). The molecule has 0 spiro atoms. The lowest BCUT2D eigenvalue weighted by molar-refractivity contribution is 0.296. The van der Waals surface area contributed by atoms with E-state index in [0.29, 0.717) is 16.8 Å². The van der Waals surface area contributed by atoms with Crippen LogP contribution in [0.1, 0.15) is 13.8 Å². The zero-order valence-electron chi connectivity index (χ0n) is 7.50. The molecule has 0 aromatic carbocycles. The number of ether oxygens (including phenoxy) is 1. The van der Waals surface area contributed by atoms with Gasteiger partial charge < -0.3 is 10.1 Å². The third kappa shape index (κ3) is 2.42. The van der Waals surface area contributed by atoms with E-state index in [2.05, 4.69) is 10.3 Å². The van der Waals surface area contributed by atoms with E-state index in [4.69, 9.17) is 28.6 Å². The summed E-state index contributed by atoms with van der Waals surface area (Å²) < 4.78 is 5.20. The van der Waals surface area contributed by atoms with Crippen molar-refractivity contribution in [2.75, 3.05) is 6.61 Å². The van der Waals surface area contributed by atoms with Crippen LogP contribution in [0.25, 0.3) is 0 Å². The van der Waals surface area contributed by atoms with Gasteiger partial charge in [0, 0.05) is 6.21 Å². The highest BCUT2D eigenvalue weighted by molar-refractivity contribution is 7.80. The SMILES string of the molecule is CCOC(=S)C1(C)N=CC=C(Cl)N1. The third-order valence-electron chi connectivity index (χ3n) is 1.59. The molecule has 0 bridgehead atoms. The predicted molar refractivity (Wildman–Crippen MR) is 58.2 cm³/mol. The molecule has 0 saturated carbocycles. The topological polar surface area (TPSA) is 33.6 Å². The van der Waals surface area contributed by atoms with E-state index < -0.39 is 5.66 Å². The van der Waals surface area contributed by atoms with Gasteiger partial charge in [-0.25, -0.2) is 0 Å². The van der Waals surface area contributed by atoms with Gasteiger partial charge in [0.2, 0.25) is 5.05 Å². The third-order valence-corrected chi connectivity index (χ3v) is 2.33. The molecule has 0 aromatic rings. The van der Waals surface area contributed by atoms with E-state index in [0.717, 1.165) is 0 Å².